The topological polar surface area (TPSA) is 24.5 Å². The highest BCUT2D eigenvalue weighted by Gasteiger charge is 2.37. The molecule has 3 aliphatic rings. The number of hydrogen-bond acceptors (Lipinski definition) is 3. The van der Waals surface area contributed by atoms with Crippen molar-refractivity contribution < 1.29 is 4.74 Å². The number of hydrogen-bond donors (Lipinski definition) is 1. The fourth-order valence-electron chi connectivity index (χ4n) is 3.23. The molecule has 3 nitrogen and oxygen atoms in total. The molecule has 0 amide bonds. The summed E-state index contributed by atoms with van der Waals surface area (Å²) in [5.41, 5.74) is 0. The van der Waals surface area contributed by atoms with Crippen molar-refractivity contribution in [2.75, 3.05) is 26.7 Å². The molecule has 1 unspecified atom stereocenters. The Balaban J connectivity index is 1.49. The minimum atomic E-state index is 0.540. The van der Waals surface area contributed by atoms with Gasteiger partial charge in [0.1, 0.15) is 0 Å². The van der Waals surface area contributed by atoms with Crippen LogP contribution in [0.5, 0.6) is 0 Å². The number of methoxy groups -OCH3 is 1. The van der Waals surface area contributed by atoms with E-state index in [1.54, 1.807) is 0 Å². The van der Waals surface area contributed by atoms with Crippen LogP contribution in [-0.2, 0) is 4.74 Å². The molecule has 0 radical (unpaired) electrons. The third-order valence-corrected chi connectivity index (χ3v) is 4.73. The van der Waals surface area contributed by atoms with Crippen molar-refractivity contribution >= 4 is 0 Å². The van der Waals surface area contributed by atoms with Crippen molar-refractivity contribution in [3.05, 3.63) is 0 Å². The first-order valence-corrected chi connectivity index (χ1v) is 7.35. The first-order chi connectivity index (χ1) is 8.35. The van der Waals surface area contributed by atoms with Crippen LogP contribution in [0.1, 0.15) is 38.5 Å². The maximum absolute atomic E-state index is 5.41. The molecule has 0 aromatic heterocycles. The Bertz CT molecular complexity index is 243. The van der Waals surface area contributed by atoms with E-state index in [0.29, 0.717) is 6.10 Å². The highest BCUT2D eigenvalue weighted by Crippen LogP contribution is 2.34. The summed E-state index contributed by atoms with van der Waals surface area (Å²) in [5.74, 6) is 1.01. The molecular formula is C14H26N2O. The first-order valence-electron chi connectivity index (χ1n) is 7.35. The van der Waals surface area contributed by atoms with Crippen LogP contribution in [0.25, 0.3) is 0 Å². The Hall–Kier alpha value is -0.120. The van der Waals surface area contributed by atoms with Crippen molar-refractivity contribution in [1.82, 2.24) is 10.2 Å². The third kappa shape index (κ3) is 3.01. The monoisotopic (exact) mass is 238 g/mol. The van der Waals surface area contributed by atoms with Gasteiger partial charge < -0.3 is 10.1 Å². The highest BCUT2D eigenvalue weighted by atomic mass is 16.5. The van der Waals surface area contributed by atoms with Gasteiger partial charge in [0.05, 0.1) is 6.10 Å². The summed E-state index contributed by atoms with van der Waals surface area (Å²) in [5, 5.41) is 3.64. The van der Waals surface area contributed by atoms with E-state index in [1.165, 1.54) is 58.2 Å². The number of ether oxygens (including phenoxy) is 1. The maximum Gasteiger partial charge on any atom is 0.0601 e. The van der Waals surface area contributed by atoms with Gasteiger partial charge in [0.2, 0.25) is 0 Å². The number of rotatable bonds is 6. The van der Waals surface area contributed by atoms with Crippen molar-refractivity contribution in [3.63, 3.8) is 0 Å². The second-order valence-electron chi connectivity index (χ2n) is 6.17. The van der Waals surface area contributed by atoms with Crippen molar-refractivity contribution in [3.8, 4) is 0 Å². The van der Waals surface area contributed by atoms with E-state index in [0.717, 1.165) is 18.0 Å². The molecule has 0 aromatic rings. The molecule has 2 saturated carbocycles. The molecule has 98 valence electrons. The van der Waals surface area contributed by atoms with Crippen molar-refractivity contribution in [2.24, 2.45) is 5.92 Å². The Morgan fingerprint density at radius 3 is 2.59 bits per heavy atom. The van der Waals surface area contributed by atoms with Crippen LogP contribution < -0.4 is 5.32 Å². The van der Waals surface area contributed by atoms with Crippen LogP contribution in [-0.4, -0.2) is 49.8 Å². The third-order valence-electron chi connectivity index (χ3n) is 4.73. The van der Waals surface area contributed by atoms with Crippen LogP contribution in [0.2, 0.25) is 0 Å². The lowest BCUT2D eigenvalue weighted by atomic mass is 9.87. The zero-order chi connectivity index (χ0) is 11.7. The van der Waals surface area contributed by atoms with Gasteiger partial charge in [-0.2, -0.15) is 0 Å². The molecule has 1 saturated heterocycles. The molecule has 3 heteroatoms. The summed E-state index contributed by atoms with van der Waals surface area (Å²) < 4.78 is 5.41. The van der Waals surface area contributed by atoms with Gasteiger partial charge in [0.25, 0.3) is 0 Å². The molecule has 17 heavy (non-hydrogen) atoms. The van der Waals surface area contributed by atoms with Crippen LogP contribution in [0, 0.1) is 5.92 Å². The summed E-state index contributed by atoms with van der Waals surface area (Å²) >= 11 is 0. The lowest BCUT2D eigenvalue weighted by molar-refractivity contribution is -0.0305. The van der Waals surface area contributed by atoms with Gasteiger partial charge in [-0.15, -0.1) is 0 Å². The minimum absolute atomic E-state index is 0.540. The smallest absolute Gasteiger partial charge is 0.0601 e. The predicted molar refractivity (Wildman–Crippen MR) is 69.1 cm³/mol. The molecule has 1 aliphatic heterocycles. The molecule has 2 aliphatic carbocycles. The minimum Gasteiger partial charge on any atom is -0.381 e. The van der Waals surface area contributed by atoms with E-state index < -0.39 is 0 Å². The van der Waals surface area contributed by atoms with Gasteiger partial charge in [-0.3, -0.25) is 4.90 Å². The molecule has 0 spiro atoms. The molecule has 3 fully saturated rings. The fraction of sp³-hybridized carbons (Fsp3) is 1.00. The Morgan fingerprint density at radius 2 is 2.00 bits per heavy atom. The van der Waals surface area contributed by atoms with Gasteiger partial charge in [-0.25, -0.2) is 0 Å². The molecular weight excluding hydrogens is 212 g/mol. The summed E-state index contributed by atoms with van der Waals surface area (Å²) in [6.45, 7) is 3.85. The predicted octanol–water partition coefficient (Wildman–Crippen LogP) is 1.63. The fourth-order valence-corrected chi connectivity index (χ4v) is 3.23. The maximum atomic E-state index is 5.41. The molecule has 1 N–H and O–H groups in total. The van der Waals surface area contributed by atoms with E-state index in [4.69, 9.17) is 4.74 Å². The van der Waals surface area contributed by atoms with E-state index in [2.05, 4.69) is 10.2 Å². The molecule has 3 rings (SSSR count). The number of nitrogens with zero attached hydrogens (tertiary/aromatic N) is 1. The van der Waals surface area contributed by atoms with Crippen molar-refractivity contribution in [2.45, 2.75) is 56.7 Å². The van der Waals surface area contributed by atoms with E-state index >= 15 is 0 Å². The Kier molecular flexibility index (Phi) is 3.69. The average Bonchev–Trinajstić information content (AvgIpc) is 2.91. The largest absolute Gasteiger partial charge is 0.381 e. The molecule has 0 bridgehead atoms. The van der Waals surface area contributed by atoms with Gasteiger partial charge >= 0.3 is 0 Å². The first kappa shape index (κ1) is 11.9. The average molecular weight is 238 g/mol. The van der Waals surface area contributed by atoms with Gasteiger partial charge in [-0.1, -0.05) is 0 Å². The second-order valence-corrected chi connectivity index (χ2v) is 6.17. The second kappa shape index (κ2) is 5.25. The number of nitrogens with one attached hydrogen (secondary N) is 1. The zero-order valence-electron chi connectivity index (χ0n) is 11.0. The summed E-state index contributed by atoms with van der Waals surface area (Å²) in [4.78, 5) is 2.76. The molecule has 0 aromatic carbocycles. The lowest BCUT2D eigenvalue weighted by Crippen LogP contribution is -2.52. The van der Waals surface area contributed by atoms with E-state index in [1.807, 2.05) is 7.11 Å². The van der Waals surface area contributed by atoms with Crippen LogP contribution in [0.4, 0.5) is 0 Å². The van der Waals surface area contributed by atoms with Crippen LogP contribution >= 0.6 is 0 Å². The normalized spacial score (nSPS) is 37.4. The SMILES string of the molecule is COC1CC(N(CC2CC2)CC2CCCN2)C1. The summed E-state index contributed by atoms with van der Waals surface area (Å²) in [6.07, 6.45) is 8.74. The summed E-state index contributed by atoms with van der Waals surface area (Å²) in [7, 11) is 1.85. The van der Waals surface area contributed by atoms with Gasteiger partial charge in [0.15, 0.2) is 0 Å². The highest BCUT2D eigenvalue weighted by molar-refractivity contribution is 4.92. The molecule has 1 atom stereocenters. The Morgan fingerprint density at radius 1 is 1.18 bits per heavy atom. The van der Waals surface area contributed by atoms with E-state index in [-0.39, 0.29) is 0 Å². The Labute approximate surface area is 105 Å². The quantitative estimate of drug-likeness (QED) is 0.761. The van der Waals surface area contributed by atoms with Crippen molar-refractivity contribution in [1.29, 1.82) is 0 Å². The molecule has 1 heterocycles. The van der Waals surface area contributed by atoms with Crippen LogP contribution in [0.15, 0.2) is 0 Å². The van der Waals surface area contributed by atoms with Gasteiger partial charge in [-0.05, 0) is 51.0 Å². The van der Waals surface area contributed by atoms with E-state index in [9.17, 15) is 0 Å². The van der Waals surface area contributed by atoms with Gasteiger partial charge in [0, 0.05) is 32.3 Å². The summed E-state index contributed by atoms with van der Waals surface area (Å²) in [6, 6.07) is 1.57. The zero-order valence-corrected chi connectivity index (χ0v) is 11.0. The lowest BCUT2D eigenvalue weighted by Gasteiger charge is -2.43. The van der Waals surface area contributed by atoms with Crippen LogP contribution in [0.3, 0.4) is 0 Å². The standard InChI is InChI=1S/C14H26N2O/c1-17-14-7-13(8-14)16(9-11-4-5-11)10-12-3-2-6-15-12/h11-15H,2-10H2,1H3.